The van der Waals surface area contributed by atoms with Gasteiger partial charge in [-0.1, -0.05) is 35.3 Å². The summed E-state index contributed by atoms with van der Waals surface area (Å²) in [6.07, 6.45) is 0. The number of rotatable bonds is 6. The van der Waals surface area contributed by atoms with Gasteiger partial charge in [0.15, 0.2) is 0 Å². The average molecular weight is 423 g/mol. The highest BCUT2D eigenvalue weighted by Gasteiger charge is 2.15. The van der Waals surface area contributed by atoms with Gasteiger partial charge in [-0.15, -0.1) is 0 Å². The Balaban J connectivity index is 1.78. The molecule has 0 aliphatic rings. The molecular formula is C19H16Cl2N2O3S. The van der Waals surface area contributed by atoms with Crippen LogP contribution in [-0.2, 0) is 16.6 Å². The van der Waals surface area contributed by atoms with Crippen LogP contribution in [0.5, 0.6) is 11.5 Å². The molecule has 0 aliphatic heterocycles. The fourth-order valence-corrected chi connectivity index (χ4v) is 3.77. The second-order valence-electron chi connectivity index (χ2n) is 5.62. The molecule has 3 aromatic carbocycles. The molecule has 3 aromatic rings. The van der Waals surface area contributed by atoms with E-state index in [1.54, 1.807) is 54.6 Å². The standard InChI is InChI=1S/C19H16Cl2N2O3S/c20-17-10-5-14(11-13(17)12-22)23-27(24,25)16-8-6-15(7-9-16)26-19-4-2-1-3-18(19)21/h1-11,23H,12,22H2. The van der Waals surface area contributed by atoms with Crippen LogP contribution in [0.4, 0.5) is 5.69 Å². The summed E-state index contributed by atoms with van der Waals surface area (Å²) in [6.45, 7) is 0.211. The van der Waals surface area contributed by atoms with Crippen LogP contribution in [0.2, 0.25) is 10.0 Å². The van der Waals surface area contributed by atoms with E-state index in [-0.39, 0.29) is 11.4 Å². The minimum absolute atomic E-state index is 0.0956. The molecule has 0 heterocycles. The third-order valence-electron chi connectivity index (χ3n) is 3.72. The zero-order chi connectivity index (χ0) is 19.4. The van der Waals surface area contributed by atoms with Crippen LogP contribution in [0.25, 0.3) is 0 Å². The van der Waals surface area contributed by atoms with Crippen LogP contribution in [0.3, 0.4) is 0 Å². The minimum atomic E-state index is -3.76. The van der Waals surface area contributed by atoms with Gasteiger partial charge in [-0.3, -0.25) is 4.72 Å². The van der Waals surface area contributed by atoms with Crippen LogP contribution in [0.1, 0.15) is 5.56 Å². The second kappa shape index (κ2) is 8.19. The Morgan fingerprint density at radius 3 is 2.30 bits per heavy atom. The Bertz CT molecular complexity index is 1050. The number of hydrogen-bond donors (Lipinski definition) is 2. The van der Waals surface area contributed by atoms with Gasteiger partial charge in [0.1, 0.15) is 11.5 Å². The monoisotopic (exact) mass is 422 g/mol. The number of hydrogen-bond acceptors (Lipinski definition) is 4. The van der Waals surface area contributed by atoms with Crippen molar-refractivity contribution in [1.82, 2.24) is 0 Å². The molecule has 8 heteroatoms. The molecule has 5 nitrogen and oxygen atoms in total. The van der Waals surface area contributed by atoms with Crippen molar-refractivity contribution >= 4 is 38.9 Å². The van der Waals surface area contributed by atoms with E-state index in [1.807, 2.05) is 0 Å². The van der Waals surface area contributed by atoms with Gasteiger partial charge in [0.2, 0.25) is 0 Å². The summed E-state index contributed by atoms with van der Waals surface area (Å²) in [5, 5.41) is 0.954. The molecule has 0 saturated carbocycles. The molecule has 3 rings (SSSR count). The van der Waals surface area contributed by atoms with Gasteiger partial charge in [-0.25, -0.2) is 8.42 Å². The first-order chi connectivity index (χ1) is 12.9. The molecule has 140 valence electrons. The lowest BCUT2D eigenvalue weighted by molar-refractivity contribution is 0.482. The number of sulfonamides is 1. The van der Waals surface area contributed by atoms with Gasteiger partial charge in [0.25, 0.3) is 10.0 Å². The topological polar surface area (TPSA) is 81.4 Å². The van der Waals surface area contributed by atoms with E-state index in [9.17, 15) is 8.42 Å². The highest BCUT2D eigenvalue weighted by Crippen LogP contribution is 2.29. The number of anilines is 1. The van der Waals surface area contributed by atoms with Crippen molar-refractivity contribution in [2.45, 2.75) is 11.4 Å². The summed E-state index contributed by atoms with van der Waals surface area (Å²) in [6, 6.07) is 17.8. The smallest absolute Gasteiger partial charge is 0.261 e. The molecule has 0 aliphatic carbocycles. The first-order valence-electron chi connectivity index (χ1n) is 7.93. The van der Waals surface area contributed by atoms with Crippen LogP contribution >= 0.6 is 23.2 Å². The van der Waals surface area contributed by atoms with E-state index in [1.165, 1.54) is 12.1 Å². The fraction of sp³-hybridized carbons (Fsp3) is 0.0526. The maximum absolute atomic E-state index is 12.6. The molecule has 0 fully saturated rings. The van der Waals surface area contributed by atoms with Crippen LogP contribution in [0, 0.1) is 0 Å². The largest absolute Gasteiger partial charge is 0.456 e. The summed E-state index contributed by atoms with van der Waals surface area (Å²) in [5.74, 6) is 0.960. The minimum Gasteiger partial charge on any atom is -0.456 e. The first kappa shape index (κ1) is 19.5. The van der Waals surface area contributed by atoms with Gasteiger partial charge < -0.3 is 10.5 Å². The van der Waals surface area contributed by atoms with E-state index in [2.05, 4.69) is 4.72 Å². The average Bonchev–Trinajstić information content (AvgIpc) is 2.65. The molecular weight excluding hydrogens is 407 g/mol. The number of para-hydroxylation sites is 1. The molecule has 0 atom stereocenters. The first-order valence-corrected chi connectivity index (χ1v) is 10.2. The van der Waals surface area contributed by atoms with E-state index < -0.39 is 10.0 Å². The van der Waals surface area contributed by atoms with E-state index in [4.69, 9.17) is 33.7 Å². The number of halogens is 2. The van der Waals surface area contributed by atoms with E-state index >= 15 is 0 Å². The Labute approximate surface area is 167 Å². The summed E-state index contributed by atoms with van der Waals surface area (Å²) in [4.78, 5) is 0.0956. The number of nitrogens with one attached hydrogen (secondary N) is 1. The predicted octanol–water partition coefficient (Wildman–Crippen LogP) is 5.05. The molecule has 0 unspecified atom stereocenters. The lowest BCUT2D eigenvalue weighted by Crippen LogP contribution is -2.13. The SMILES string of the molecule is NCc1cc(NS(=O)(=O)c2ccc(Oc3ccccc3Cl)cc2)ccc1Cl. The summed E-state index contributed by atoms with van der Waals surface area (Å²) >= 11 is 12.1. The van der Waals surface area contributed by atoms with Crippen molar-refractivity contribution in [3.8, 4) is 11.5 Å². The molecule has 0 amide bonds. The highest BCUT2D eigenvalue weighted by atomic mass is 35.5. The lowest BCUT2D eigenvalue weighted by Gasteiger charge is -2.11. The molecule has 3 N–H and O–H groups in total. The van der Waals surface area contributed by atoms with Crippen molar-refractivity contribution in [3.63, 3.8) is 0 Å². The maximum atomic E-state index is 12.6. The Morgan fingerprint density at radius 2 is 1.63 bits per heavy atom. The molecule has 27 heavy (non-hydrogen) atoms. The number of ether oxygens (including phenoxy) is 1. The van der Waals surface area contributed by atoms with E-state index in [0.717, 1.165) is 0 Å². The highest BCUT2D eigenvalue weighted by molar-refractivity contribution is 7.92. The van der Waals surface area contributed by atoms with Crippen molar-refractivity contribution in [2.75, 3.05) is 4.72 Å². The predicted molar refractivity (Wildman–Crippen MR) is 108 cm³/mol. The second-order valence-corrected chi connectivity index (χ2v) is 8.12. The zero-order valence-electron chi connectivity index (χ0n) is 14.0. The Kier molecular flexibility index (Phi) is 5.92. The van der Waals surface area contributed by atoms with E-state index in [0.29, 0.717) is 32.8 Å². The third kappa shape index (κ3) is 4.73. The normalized spacial score (nSPS) is 11.2. The number of benzene rings is 3. The quantitative estimate of drug-likeness (QED) is 0.582. The van der Waals surface area contributed by atoms with Gasteiger partial charge >= 0.3 is 0 Å². The van der Waals surface area contributed by atoms with Gasteiger partial charge in [0.05, 0.1) is 9.92 Å². The van der Waals surface area contributed by atoms with Crippen molar-refractivity contribution in [1.29, 1.82) is 0 Å². The maximum Gasteiger partial charge on any atom is 0.261 e. The molecule has 0 saturated heterocycles. The fourth-order valence-electron chi connectivity index (χ4n) is 2.35. The van der Waals surface area contributed by atoms with Gasteiger partial charge in [-0.2, -0.15) is 0 Å². The Morgan fingerprint density at radius 1 is 0.926 bits per heavy atom. The third-order valence-corrected chi connectivity index (χ3v) is 5.79. The number of nitrogens with two attached hydrogens (primary N) is 1. The van der Waals surface area contributed by atoms with Crippen molar-refractivity contribution in [3.05, 3.63) is 82.3 Å². The molecule has 0 radical (unpaired) electrons. The summed E-state index contributed by atoms with van der Waals surface area (Å²) < 4.78 is 33.3. The molecule has 0 bridgehead atoms. The van der Waals surface area contributed by atoms with Crippen LogP contribution in [-0.4, -0.2) is 8.42 Å². The molecule has 0 aromatic heterocycles. The summed E-state index contributed by atoms with van der Waals surface area (Å²) in [5.41, 5.74) is 6.64. The van der Waals surface area contributed by atoms with Crippen molar-refractivity contribution < 1.29 is 13.2 Å². The summed E-state index contributed by atoms with van der Waals surface area (Å²) in [7, 11) is -3.76. The van der Waals surface area contributed by atoms with Gasteiger partial charge in [0, 0.05) is 17.3 Å². The molecule has 0 spiro atoms. The van der Waals surface area contributed by atoms with Crippen LogP contribution in [0.15, 0.2) is 71.6 Å². The Hall–Kier alpha value is -2.25. The lowest BCUT2D eigenvalue weighted by atomic mass is 10.2. The van der Waals surface area contributed by atoms with Crippen LogP contribution < -0.4 is 15.2 Å². The van der Waals surface area contributed by atoms with Crippen molar-refractivity contribution in [2.24, 2.45) is 5.73 Å². The zero-order valence-corrected chi connectivity index (χ0v) is 16.4. The van der Waals surface area contributed by atoms with Gasteiger partial charge in [-0.05, 0) is 60.2 Å².